The summed E-state index contributed by atoms with van der Waals surface area (Å²) in [5.74, 6) is -1.29. The van der Waals surface area contributed by atoms with Gasteiger partial charge in [-0.15, -0.1) is 0 Å². The van der Waals surface area contributed by atoms with Gasteiger partial charge in [0.15, 0.2) is 0 Å². The van der Waals surface area contributed by atoms with Crippen LogP contribution in [0.4, 0.5) is 18.9 Å². The highest BCUT2D eigenvalue weighted by molar-refractivity contribution is 7.89. The van der Waals surface area contributed by atoms with Gasteiger partial charge in [-0.1, -0.05) is 25.7 Å². The maximum Gasteiger partial charge on any atom is 0.417 e. The molecule has 2 aliphatic heterocycles. The summed E-state index contributed by atoms with van der Waals surface area (Å²) in [5, 5.41) is 9.01. The van der Waals surface area contributed by atoms with Crippen LogP contribution < -0.4 is 4.90 Å². The van der Waals surface area contributed by atoms with E-state index in [2.05, 4.69) is 4.90 Å². The Morgan fingerprint density at radius 2 is 1.59 bits per heavy atom. The number of anilines is 1. The van der Waals surface area contributed by atoms with Crippen molar-refractivity contribution in [2.24, 2.45) is 0 Å². The Labute approximate surface area is 257 Å². The summed E-state index contributed by atoms with van der Waals surface area (Å²) < 4.78 is 76.9. The van der Waals surface area contributed by atoms with Gasteiger partial charge >= 0.3 is 6.18 Å². The molecule has 44 heavy (non-hydrogen) atoms. The number of benzene rings is 1. The third-order valence-corrected chi connectivity index (χ3v) is 9.75. The van der Waals surface area contributed by atoms with E-state index in [1.165, 1.54) is 23.4 Å². The normalized spacial score (nSPS) is 17.1. The van der Waals surface area contributed by atoms with Crippen molar-refractivity contribution in [3.63, 3.8) is 0 Å². The van der Waals surface area contributed by atoms with Crippen molar-refractivity contribution in [1.29, 1.82) is 5.26 Å². The maximum atomic E-state index is 13.4. The lowest BCUT2D eigenvalue weighted by molar-refractivity contribution is -0.138. The smallest absolute Gasteiger partial charge is 0.382 e. The van der Waals surface area contributed by atoms with Crippen molar-refractivity contribution in [2.45, 2.75) is 58.0 Å². The number of ether oxygens (including phenoxy) is 2. The molecule has 3 rings (SSSR count). The Kier molecular flexibility index (Phi) is 13.3. The SMILES string of the molecule is COCCOCCS(=O)(=O)N1CCN(CCCCCCCCC2=C(C)C(=O)N(c3ccc(C#N)c(C(F)(F)F)c3)C2=O)CC1. The molecule has 0 aromatic heterocycles. The number of hydrogen-bond acceptors (Lipinski definition) is 8. The van der Waals surface area contributed by atoms with Crippen LogP contribution in [0.3, 0.4) is 0 Å². The van der Waals surface area contributed by atoms with E-state index >= 15 is 0 Å². The number of unbranched alkanes of at least 4 members (excludes halogenated alkanes) is 5. The molecular formula is C30H41F3N4O6S. The van der Waals surface area contributed by atoms with Gasteiger partial charge in [0.25, 0.3) is 11.8 Å². The number of sulfonamides is 1. The Balaban J connectivity index is 1.33. The second kappa shape index (κ2) is 16.5. The van der Waals surface area contributed by atoms with E-state index in [0.717, 1.165) is 49.6 Å². The lowest BCUT2D eigenvalue weighted by Crippen LogP contribution is -2.49. The van der Waals surface area contributed by atoms with Gasteiger partial charge in [-0.3, -0.25) is 9.59 Å². The fourth-order valence-electron chi connectivity index (χ4n) is 5.33. The van der Waals surface area contributed by atoms with Crippen molar-refractivity contribution in [3.05, 3.63) is 40.5 Å². The van der Waals surface area contributed by atoms with Gasteiger partial charge in [0.2, 0.25) is 10.0 Å². The molecule has 1 fully saturated rings. The monoisotopic (exact) mass is 642 g/mol. The number of nitrogens with zero attached hydrogens (tertiary/aromatic N) is 4. The maximum absolute atomic E-state index is 13.4. The van der Waals surface area contributed by atoms with Crippen molar-refractivity contribution >= 4 is 27.5 Å². The molecule has 0 radical (unpaired) electrons. The highest BCUT2D eigenvalue weighted by Crippen LogP contribution is 2.37. The number of rotatable bonds is 17. The lowest BCUT2D eigenvalue weighted by atomic mass is 10.0. The van der Waals surface area contributed by atoms with Crippen molar-refractivity contribution in [2.75, 3.05) is 70.3 Å². The summed E-state index contributed by atoms with van der Waals surface area (Å²) in [6.07, 6.45) is 1.05. The quantitative estimate of drug-likeness (QED) is 0.184. The van der Waals surface area contributed by atoms with Crippen LogP contribution in [0.1, 0.15) is 63.0 Å². The Morgan fingerprint density at radius 3 is 2.23 bits per heavy atom. The average Bonchev–Trinajstić information content (AvgIpc) is 3.20. The van der Waals surface area contributed by atoms with Crippen LogP contribution in [-0.2, 0) is 35.3 Å². The number of alkyl halides is 3. The number of hydrogen-bond donors (Lipinski definition) is 0. The molecule has 0 saturated carbocycles. The Bertz CT molecular complexity index is 1330. The molecule has 1 aromatic rings. The molecular weight excluding hydrogens is 601 g/mol. The number of carbonyl (C=O) groups is 2. The van der Waals surface area contributed by atoms with E-state index in [9.17, 15) is 31.2 Å². The molecule has 0 bridgehead atoms. The Morgan fingerprint density at radius 1 is 0.932 bits per heavy atom. The highest BCUT2D eigenvalue weighted by atomic mass is 32.2. The molecule has 14 heteroatoms. The van der Waals surface area contributed by atoms with Crippen molar-refractivity contribution in [3.8, 4) is 6.07 Å². The van der Waals surface area contributed by atoms with Gasteiger partial charge in [0, 0.05) is 44.4 Å². The van der Waals surface area contributed by atoms with E-state index in [0.29, 0.717) is 63.9 Å². The minimum atomic E-state index is -4.80. The highest BCUT2D eigenvalue weighted by Gasteiger charge is 2.39. The summed E-state index contributed by atoms with van der Waals surface area (Å²) in [6, 6.07) is 4.33. The second-order valence-electron chi connectivity index (χ2n) is 10.9. The lowest BCUT2D eigenvalue weighted by Gasteiger charge is -2.34. The van der Waals surface area contributed by atoms with Crippen LogP contribution >= 0.6 is 0 Å². The largest absolute Gasteiger partial charge is 0.417 e. The third kappa shape index (κ3) is 9.58. The van der Waals surface area contributed by atoms with Crippen LogP contribution in [-0.4, -0.2) is 94.8 Å². The van der Waals surface area contributed by atoms with E-state index in [-0.39, 0.29) is 23.6 Å². The zero-order valence-electron chi connectivity index (χ0n) is 25.3. The second-order valence-corrected chi connectivity index (χ2v) is 13.0. The molecule has 0 spiro atoms. The van der Waals surface area contributed by atoms with E-state index in [4.69, 9.17) is 14.7 Å². The number of amides is 2. The predicted molar refractivity (Wildman–Crippen MR) is 158 cm³/mol. The van der Waals surface area contributed by atoms with Gasteiger partial charge in [0.05, 0.1) is 48.5 Å². The predicted octanol–water partition coefficient (Wildman–Crippen LogP) is 4.11. The summed E-state index contributed by atoms with van der Waals surface area (Å²) in [5.41, 5.74) is -1.42. The van der Waals surface area contributed by atoms with Gasteiger partial charge in [0.1, 0.15) is 0 Å². The first-order valence-corrected chi connectivity index (χ1v) is 16.5. The third-order valence-electron chi connectivity index (χ3n) is 7.92. The number of carbonyl (C=O) groups excluding carboxylic acids is 2. The van der Waals surface area contributed by atoms with E-state index < -0.39 is 39.1 Å². The standard InChI is InChI=1S/C30H41F3N4O6S/c1-23-26(29(39)37(28(23)38)25-11-10-24(22-34)27(21-25)30(31,32)33)9-7-5-3-4-6-8-12-35-13-15-36(16-14-35)44(40,41)20-19-43-18-17-42-2/h10-11,21H,3-9,12-20H2,1-2H3. The molecule has 0 unspecified atom stereocenters. The Hall–Kier alpha value is -2.83. The zero-order chi connectivity index (χ0) is 32.3. The molecule has 1 aromatic carbocycles. The van der Waals surface area contributed by atoms with Gasteiger partial charge < -0.3 is 14.4 Å². The van der Waals surface area contributed by atoms with E-state index in [1.54, 1.807) is 7.11 Å². The van der Waals surface area contributed by atoms with Gasteiger partial charge in [-0.25, -0.2) is 13.3 Å². The molecule has 10 nitrogen and oxygen atoms in total. The van der Waals surface area contributed by atoms with Crippen LogP contribution in [0.25, 0.3) is 0 Å². The first kappa shape index (κ1) is 35.6. The summed E-state index contributed by atoms with van der Waals surface area (Å²) in [7, 11) is -1.77. The molecule has 0 atom stereocenters. The minimum Gasteiger partial charge on any atom is -0.382 e. The molecule has 244 valence electrons. The summed E-state index contributed by atoms with van der Waals surface area (Å²) >= 11 is 0. The number of nitriles is 1. The number of methoxy groups -OCH3 is 1. The van der Waals surface area contributed by atoms with E-state index in [1.807, 2.05) is 0 Å². The first-order valence-electron chi connectivity index (χ1n) is 14.9. The zero-order valence-corrected chi connectivity index (χ0v) is 26.1. The number of piperazine rings is 1. The molecule has 0 aliphatic carbocycles. The first-order chi connectivity index (χ1) is 20.9. The molecule has 1 saturated heterocycles. The molecule has 0 N–H and O–H groups in total. The molecule has 2 aliphatic rings. The topological polar surface area (TPSA) is 120 Å². The number of halogens is 3. The summed E-state index contributed by atoms with van der Waals surface area (Å²) in [6.45, 7) is 5.71. The van der Waals surface area contributed by atoms with Crippen LogP contribution in [0.5, 0.6) is 0 Å². The molecule has 2 heterocycles. The molecule has 2 amide bonds. The van der Waals surface area contributed by atoms with Crippen LogP contribution in [0, 0.1) is 11.3 Å². The van der Waals surface area contributed by atoms with Gasteiger partial charge in [-0.2, -0.15) is 22.7 Å². The van der Waals surface area contributed by atoms with Crippen molar-refractivity contribution in [1.82, 2.24) is 9.21 Å². The van der Waals surface area contributed by atoms with Gasteiger partial charge in [-0.05, 0) is 50.9 Å². The van der Waals surface area contributed by atoms with Crippen LogP contribution in [0.15, 0.2) is 29.3 Å². The average molecular weight is 643 g/mol. The summed E-state index contributed by atoms with van der Waals surface area (Å²) in [4.78, 5) is 28.8. The fourth-order valence-corrected chi connectivity index (χ4v) is 6.64. The fraction of sp³-hybridized carbons (Fsp3) is 0.633. The van der Waals surface area contributed by atoms with Crippen LogP contribution in [0.2, 0.25) is 0 Å². The number of imide groups is 1. The minimum absolute atomic E-state index is 0.0315. The van der Waals surface area contributed by atoms with Crippen molar-refractivity contribution < 1.29 is 40.7 Å².